The molecular formula is C27H21ClFN3O3. The maximum atomic E-state index is 14.0. The van der Waals surface area contributed by atoms with E-state index in [1.54, 1.807) is 36.4 Å². The predicted octanol–water partition coefficient (Wildman–Crippen LogP) is 5.55. The molecule has 3 aromatic rings. The summed E-state index contributed by atoms with van der Waals surface area (Å²) in [4.78, 5) is 29.9. The van der Waals surface area contributed by atoms with Gasteiger partial charge in [-0.05, 0) is 65.9 Å². The van der Waals surface area contributed by atoms with Gasteiger partial charge in [-0.2, -0.15) is 5.26 Å². The second-order valence-electron chi connectivity index (χ2n) is 8.11. The molecule has 0 saturated carbocycles. The lowest BCUT2D eigenvalue weighted by molar-refractivity contribution is -0.148. The lowest BCUT2D eigenvalue weighted by atomic mass is 9.85. The number of benzene rings is 3. The minimum absolute atomic E-state index is 0.0593. The van der Waals surface area contributed by atoms with E-state index >= 15 is 0 Å². The smallest absolute Gasteiger partial charge is 0.341 e. The molecule has 0 aromatic heterocycles. The molecule has 6 nitrogen and oxygen atoms in total. The summed E-state index contributed by atoms with van der Waals surface area (Å²) in [5.41, 5.74) is 2.80. The molecule has 2 atom stereocenters. The average Bonchev–Trinajstić information content (AvgIpc) is 2.86. The molecule has 176 valence electrons. The Balaban J connectivity index is 1.61. The van der Waals surface area contributed by atoms with Crippen LogP contribution in [-0.4, -0.2) is 17.7 Å². The zero-order valence-electron chi connectivity index (χ0n) is 18.6. The number of aliphatic imine (C=N–C) groups is 1. The van der Waals surface area contributed by atoms with Gasteiger partial charge in [0.05, 0.1) is 17.7 Å². The van der Waals surface area contributed by atoms with Crippen LogP contribution in [0.2, 0.25) is 5.02 Å². The molecule has 3 aromatic carbocycles. The van der Waals surface area contributed by atoms with Crippen molar-refractivity contribution in [2.45, 2.75) is 25.5 Å². The van der Waals surface area contributed by atoms with Crippen molar-refractivity contribution < 1.29 is 18.7 Å². The molecule has 0 spiro atoms. The molecule has 0 fully saturated rings. The Bertz CT molecular complexity index is 1330. The van der Waals surface area contributed by atoms with E-state index in [9.17, 15) is 14.0 Å². The first-order chi connectivity index (χ1) is 16.9. The number of nitrogens with one attached hydrogen (secondary N) is 1. The Hall–Kier alpha value is -4.02. The zero-order chi connectivity index (χ0) is 24.8. The first-order valence-electron chi connectivity index (χ1n) is 11.0. The van der Waals surface area contributed by atoms with Crippen LogP contribution in [0, 0.1) is 23.1 Å². The number of hydrogen-bond acceptors (Lipinski definition) is 4. The molecule has 35 heavy (non-hydrogen) atoms. The maximum absolute atomic E-state index is 14.0. The molecule has 2 unspecified atom stereocenters. The molecule has 2 amide bonds. The van der Waals surface area contributed by atoms with Crippen molar-refractivity contribution in [3.63, 3.8) is 0 Å². The summed E-state index contributed by atoms with van der Waals surface area (Å²) in [6.45, 7) is -0.0593. The van der Waals surface area contributed by atoms with Gasteiger partial charge in [0.1, 0.15) is 18.3 Å². The third-order valence-corrected chi connectivity index (χ3v) is 5.91. The molecule has 0 radical (unpaired) electrons. The van der Waals surface area contributed by atoms with Crippen LogP contribution in [0.25, 0.3) is 0 Å². The van der Waals surface area contributed by atoms with Gasteiger partial charge in [0.2, 0.25) is 0 Å². The van der Waals surface area contributed by atoms with E-state index in [2.05, 4.69) is 10.3 Å². The summed E-state index contributed by atoms with van der Waals surface area (Å²) in [6, 6.07) is 20.4. The highest BCUT2D eigenvalue weighted by Crippen LogP contribution is 2.30. The second kappa shape index (κ2) is 10.9. The Kier molecular flexibility index (Phi) is 7.54. The Morgan fingerprint density at radius 2 is 1.83 bits per heavy atom. The van der Waals surface area contributed by atoms with E-state index in [0.717, 1.165) is 5.56 Å². The van der Waals surface area contributed by atoms with Crippen molar-refractivity contribution in [1.29, 1.82) is 5.26 Å². The van der Waals surface area contributed by atoms with Crippen molar-refractivity contribution >= 4 is 29.3 Å². The van der Waals surface area contributed by atoms with Gasteiger partial charge in [0, 0.05) is 10.7 Å². The topological polar surface area (TPSA) is 91.5 Å². The molecule has 8 heteroatoms. The summed E-state index contributed by atoms with van der Waals surface area (Å²) in [5, 5.41) is 12.4. The third-order valence-electron chi connectivity index (χ3n) is 5.67. The quantitative estimate of drug-likeness (QED) is 0.440. The number of urea groups is 1. The van der Waals surface area contributed by atoms with Crippen molar-refractivity contribution in [2.75, 3.05) is 0 Å². The van der Waals surface area contributed by atoms with Crippen LogP contribution in [0.4, 0.5) is 9.18 Å². The van der Waals surface area contributed by atoms with E-state index < -0.39 is 29.8 Å². The number of esters is 1. The SMILES string of the molecule is N#Cc1cccc(COC(=O)C2C(CCc3cccc(Cl)c3)=NC(=O)NC2c2cccc(F)c2)c1. The van der Waals surface area contributed by atoms with E-state index in [1.807, 2.05) is 24.3 Å². The van der Waals surface area contributed by atoms with Crippen molar-refractivity contribution in [2.24, 2.45) is 10.9 Å². The van der Waals surface area contributed by atoms with Crippen molar-refractivity contribution in [3.05, 3.63) is 106 Å². The highest BCUT2D eigenvalue weighted by molar-refractivity contribution is 6.30. The number of aryl methyl sites for hydroxylation is 1. The minimum atomic E-state index is -0.951. The molecular weight excluding hydrogens is 469 g/mol. The molecule has 0 aliphatic carbocycles. The fourth-order valence-corrected chi connectivity index (χ4v) is 4.25. The lowest BCUT2D eigenvalue weighted by Crippen LogP contribution is -2.45. The predicted molar refractivity (Wildman–Crippen MR) is 129 cm³/mol. The average molecular weight is 490 g/mol. The van der Waals surface area contributed by atoms with E-state index in [-0.39, 0.29) is 6.61 Å². The Morgan fingerprint density at radius 1 is 1.06 bits per heavy atom. The molecule has 1 heterocycles. The molecule has 1 aliphatic rings. The summed E-state index contributed by atoms with van der Waals surface area (Å²) >= 11 is 6.08. The standard InChI is InChI=1S/C27H21ClFN3O3/c28-21-8-2-4-17(13-21)10-11-23-24(26(33)35-16-19-6-1-5-18(12-19)15-30)25(32-27(34)31-23)20-7-3-9-22(29)14-20/h1-9,12-14,24-25H,10-11,16H2,(H,32,34). The molecule has 1 aliphatic heterocycles. The number of amides is 2. The summed E-state index contributed by atoms with van der Waals surface area (Å²) in [7, 11) is 0. The largest absolute Gasteiger partial charge is 0.460 e. The lowest BCUT2D eigenvalue weighted by Gasteiger charge is -2.31. The second-order valence-corrected chi connectivity index (χ2v) is 8.55. The zero-order valence-corrected chi connectivity index (χ0v) is 19.3. The molecule has 4 rings (SSSR count). The van der Waals surface area contributed by atoms with Gasteiger partial charge in [0.25, 0.3) is 0 Å². The molecule has 1 N–H and O–H groups in total. The summed E-state index contributed by atoms with van der Waals surface area (Å²) in [6.07, 6.45) is 0.805. The molecule has 0 saturated heterocycles. The minimum Gasteiger partial charge on any atom is -0.460 e. The number of rotatable bonds is 7. The van der Waals surface area contributed by atoms with Crippen LogP contribution in [0.1, 0.15) is 34.7 Å². The van der Waals surface area contributed by atoms with Crippen LogP contribution in [-0.2, 0) is 22.6 Å². The van der Waals surface area contributed by atoms with Gasteiger partial charge < -0.3 is 10.1 Å². The van der Waals surface area contributed by atoms with Gasteiger partial charge >= 0.3 is 12.0 Å². The Labute approximate surface area is 207 Å². The van der Waals surface area contributed by atoms with Crippen LogP contribution >= 0.6 is 11.6 Å². The summed E-state index contributed by atoms with van der Waals surface area (Å²) in [5.74, 6) is -2.04. The van der Waals surface area contributed by atoms with Crippen LogP contribution in [0.15, 0.2) is 77.8 Å². The normalized spacial score (nSPS) is 17.2. The number of carbonyl (C=O) groups is 2. The first-order valence-corrected chi connectivity index (χ1v) is 11.3. The first kappa shape index (κ1) is 24.1. The van der Waals surface area contributed by atoms with Crippen molar-refractivity contribution in [1.82, 2.24) is 5.32 Å². The Morgan fingerprint density at radius 3 is 2.60 bits per heavy atom. The monoisotopic (exact) mass is 489 g/mol. The number of nitrogens with zero attached hydrogens (tertiary/aromatic N) is 2. The van der Waals surface area contributed by atoms with Gasteiger partial charge in [-0.25, -0.2) is 14.2 Å². The van der Waals surface area contributed by atoms with Gasteiger partial charge in [-0.15, -0.1) is 0 Å². The van der Waals surface area contributed by atoms with Crippen LogP contribution < -0.4 is 5.32 Å². The highest BCUT2D eigenvalue weighted by atomic mass is 35.5. The highest BCUT2D eigenvalue weighted by Gasteiger charge is 2.39. The van der Waals surface area contributed by atoms with E-state index in [4.69, 9.17) is 21.6 Å². The number of hydrogen-bond donors (Lipinski definition) is 1. The third kappa shape index (κ3) is 6.11. The van der Waals surface area contributed by atoms with Crippen LogP contribution in [0.5, 0.6) is 0 Å². The summed E-state index contributed by atoms with van der Waals surface area (Å²) < 4.78 is 19.6. The number of carbonyl (C=O) groups excluding carboxylic acids is 2. The molecule has 0 bridgehead atoms. The number of ether oxygens (including phenoxy) is 1. The van der Waals surface area contributed by atoms with Crippen molar-refractivity contribution in [3.8, 4) is 6.07 Å². The van der Waals surface area contributed by atoms with Gasteiger partial charge in [0.15, 0.2) is 0 Å². The van der Waals surface area contributed by atoms with E-state index in [0.29, 0.717) is 40.3 Å². The maximum Gasteiger partial charge on any atom is 0.341 e. The van der Waals surface area contributed by atoms with Crippen LogP contribution in [0.3, 0.4) is 0 Å². The van der Waals surface area contributed by atoms with Gasteiger partial charge in [-0.1, -0.05) is 48.0 Å². The fourth-order valence-electron chi connectivity index (χ4n) is 4.04. The number of halogens is 2. The van der Waals surface area contributed by atoms with E-state index in [1.165, 1.54) is 18.2 Å². The van der Waals surface area contributed by atoms with Gasteiger partial charge in [-0.3, -0.25) is 4.79 Å². The fraction of sp³-hybridized carbons (Fsp3) is 0.185. The number of nitriles is 1.